The zero-order valence-corrected chi connectivity index (χ0v) is 11.7. The van der Waals surface area contributed by atoms with Crippen molar-refractivity contribution in [2.45, 2.75) is 6.92 Å². The Morgan fingerprint density at radius 3 is 2.91 bits per heavy atom. The van der Waals surface area contributed by atoms with Gasteiger partial charge in [0, 0.05) is 24.0 Å². The summed E-state index contributed by atoms with van der Waals surface area (Å²) in [5, 5.41) is 14.7. The number of hydrogen-bond donors (Lipinski definition) is 2. The largest absolute Gasteiger partial charge is 0.291 e. The van der Waals surface area contributed by atoms with Crippen LogP contribution in [0.2, 0.25) is 0 Å². The van der Waals surface area contributed by atoms with E-state index in [4.69, 9.17) is 0 Å². The Morgan fingerprint density at radius 1 is 1.41 bits per heavy atom. The summed E-state index contributed by atoms with van der Waals surface area (Å²) >= 11 is 0. The lowest BCUT2D eigenvalue weighted by Crippen LogP contribution is -2.10. The van der Waals surface area contributed by atoms with E-state index < -0.39 is 4.92 Å². The average Bonchev–Trinajstić information content (AvgIpc) is 2.46. The molecule has 0 atom stereocenters. The molecule has 1 aromatic carbocycles. The number of aromatic nitrogens is 2. The van der Waals surface area contributed by atoms with Gasteiger partial charge in [0.15, 0.2) is 0 Å². The van der Waals surface area contributed by atoms with Gasteiger partial charge in [0.1, 0.15) is 0 Å². The molecule has 8 nitrogen and oxygen atoms in total. The molecule has 0 radical (unpaired) electrons. The first-order valence-electron chi connectivity index (χ1n) is 6.33. The normalized spacial score (nSPS) is 11.1. The van der Waals surface area contributed by atoms with Gasteiger partial charge < -0.3 is 0 Å². The van der Waals surface area contributed by atoms with Gasteiger partial charge in [-0.05, 0) is 25.1 Å². The van der Waals surface area contributed by atoms with Crippen LogP contribution in [0.3, 0.4) is 0 Å². The number of benzene rings is 1. The second kappa shape index (κ2) is 6.93. The maximum absolute atomic E-state index is 11.2. The Morgan fingerprint density at radius 2 is 2.18 bits per heavy atom. The van der Waals surface area contributed by atoms with Crippen molar-refractivity contribution >= 4 is 23.9 Å². The van der Waals surface area contributed by atoms with Crippen LogP contribution in [-0.2, 0) is 0 Å². The number of H-pyrrole nitrogens is 1. The number of nitro groups is 1. The van der Waals surface area contributed by atoms with Crippen molar-refractivity contribution < 1.29 is 4.92 Å². The van der Waals surface area contributed by atoms with Gasteiger partial charge in [-0.25, -0.2) is 10.4 Å². The molecule has 0 aliphatic rings. The lowest BCUT2D eigenvalue weighted by Gasteiger charge is -1.98. The van der Waals surface area contributed by atoms with E-state index in [2.05, 4.69) is 20.5 Å². The Balaban J connectivity index is 2.03. The quantitative estimate of drug-likeness (QED) is 0.498. The predicted molar refractivity (Wildman–Crippen MR) is 83.8 cm³/mol. The SMILES string of the molecule is Cc1cc(=O)[nH]c(NN=CC=Cc2ccccc2[N+](=O)[O-])n1. The van der Waals surface area contributed by atoms with E-state index in [9.17, 15) is 14.9 Å². The molecule has 0 saturated carbocycles. The van der Waals surface area contributed by atoms with E-state index >= 15 is 0 Å². The van der Waals surface area contributed by atoms with Crippen molar-refractivity contribution in [3.05, 3.63) is 68.1 Å². The number of hydrazone groups is 1. The topological polar surface area (TPSA) is 113 Å². The molecule has 8 heteroatoms. The molecule has 0 bridgehead atoms. The highest BCUT2D eigenvalue weighted by Gasteiger charge is 2.08. The molecule has 2 rings (SSSR count). The third kappa shape index (κ3) is 4.10. The highest BCUT2D eigenvalue weighted by molar-refractivity contribution is 5.80. The van der Waals surface area contributed by atoms with Crippen molar-refractivity contribution in [2.24, 2.45) is 5.10 Å². The summed E-state index contributed by atoms with van der Waals surface area (Å²) in [6, 6.07) is 7.74. The van der Waals surface area contributed by atoms with Crippen molar-refractivity contribution in [1.82, 2.24) is 9.97 Å². The Labute approximate surface area is 125 Å². The highest BCUT2D eigenvalue weighted by Crippen LogP contribution is 2.18. The van der Waals surface area contributed by atoms with Crippen LogP contribution in [0.25, 0.3) is 6.08 Å². The average molecular weight is 299 g/mol. The number of hydrogen-bond acceptors (Lipinski definition) is 6. The molecule has 1 heterocycles. The first-order chi connectivity index (χ1) is 10.6. The monoisotopic (exact) mass is 299 g/mol. The van der Waals surface area contributed by atoms with Crippen LogP contribution in [0.15, 0.2) is 46.3 Å². The molecule has 2 N–H and O–H groups in total. The van der Waals surface area contributed by atoms with E-state index in [-0.39, 0.29) is 17.2 Å². The number of aryl methyl sites for hydroxylation is 1. The van der Waals surface area contributed by atoms with E-state index in [1.54, 1.807) is 37.3 Å². The van der Waals surface area contributed by atoms with Crippen LogP contribution in [0.4, 0.5) is 11.6 Å². The predicted octanol–water partition coefficient (Wildman–Crippen LogP) is 2.10. The number of anilines is 1. The minimum Gasteiger partial charge on any atom is -0.291 e. The van der Waals surface area contributed by atoms with E-state index in [1.165, 1.54) is 18.3 Å². The summed E-state index contributed by atoms with van der Waals surface area (Å²) in [6.45, 7) is 1.69. The van der Waals surface area contributed by atoms with E-state index in [0.717, 1.165) is 0 Å². The summed E-state index contributed by atoms with van der Waals surface area (Å²) in [5.74, 6) is 0.223. The molecule has 0 spiro atoms. The number of nitrogens with zero attached hydrogens (tertiary/aromatic N) is 3. The fourth-order valence-electron chi connectivity index (χ4n) is 1.71. The first-order valence-corrected chi connectivity index (χ1v) is 6.33. The maximum Gasteiger partial charge on any atom is 0.276 e. The number of nitrogens with one attached hydrogen (secondary N) is 2. The minimum atomic E-state index is -0.448. The van der Waals surface area contributed by atoms with Gasteiger partial charge in [-0.3, -0.25) is 19.9 Å². The van der Waals surface area contributed by atoms with E-state index in [0.29, 0.717) is 11.3 Å². The first kappa shape index (κ1) is 15.1. The highest BCUT2D eigenvalue weighted by atomic mass is 16.6. The van der Waals surface area contributed by atoms with Gasteiger partial charge in [0.2, 0.25) is 5.95 Å². The van der Waals surface area contributed by atoms with Crippen LogP contribution in [0, 0.1) is 17.0 Å². The van der Waals surface area contributed by atoms with Gasteiger partial charge in [-0.1, -0.05) is 12.1 Å². The fraction of sp³-hybridized carbons (Fsp3) is 0.0714. The maximum atomic E-state index is 11.2. The van der Waals surface area contributed by atoms with Crippen LogP contribution in [-0.4, -0.2) is 21.1 Å². The fourth-order valence-corrected chi connectivity index (χ4v) is 1.71. The molecule has 0 aliphatic carbocycles. The molecular formula is C14H13N5O3. The number of para-hydroxylation sites is 1. The Kier molecular flexibility index (Phi) is 4.76. The molecule has 1 aromatic heterocycles. The summed E-state index contributed by atoms with van der Waals surface area (Å²) in [6.07, 6.45) is 4.51. The van der Waals surface area contributed by atoms with Gasteiger partial charge in [-0.2, -0.15) is 5.10 Å². The van der Waals surface area contributed by atoms with Crippen molar-refractivity contribution in [2.75, 3.05) is 5.43 Å². The molecule has 22 heavy (non-hydrogen) atoms. The van der Waals surface area contributed by atoms with Crippen molar-refractivity contribution in [1.29, 1.82) is 0 Å². The lowest BCUT2D eigenvalue weighted by molar-refractivity contribution is -0.385. The standard InChI is InChI=1S/C14H13N5O3/c1-10-9-13(20)17-14(16-10)18-15-8-4-6-11-5-2-3-7-12(11)19(21)22/h2-9H,1H3,(H2,16,17,18,20). The molecular weight excluding hydrogens is 286 g/mol. The third-order valence-corrected chi connectivity index (χ3v) is 2.61. The smallest absolute Gasteiger partial charge is 0.276 e. The third-order valence-electron chi connectivity index (χ3n) is 2.61. The number of nitro benzene ring substituents is 1. The molecule has 112 valence electrons. The van der Waals surface area contributed by atoms with Crippen LogP contribution in [0.5, 0.6) is 0 Å². The van der Waals surface area contributed by atoms with Crippen LogP contribution < -0.4 is 11.0 Å². The lowest BCUT2D eigenvalue weighted by atomic mass is 10.2. The van der Waals surface area contributed by atoms with Gasteiger partial charge in [-0.15, -0.1) is 0 Å². The summed E-state index contributed by atoms with van der Waals surface area (Å²) in [4.78, 5) is 28.1. The molecule has 0 aliphatic heterocycles. The summed E-state index contributed by atoms with van der Waals surface area (Å²) in [5.41, 5.74) is 3.35. The van der Waals surface area contributed by atoms with E-state index in [1.807, 2.05) is 0 Å². The Hall–Kier alpha value is -3.29. The summed E-state index contributed by atoms with van der Waals surface area (Å²) in [7, 11) is 0. The molecule has 0 amide bonds. The molecule has 2 aromatic rings. The van der Waals surface area contributed by atoms with Crippen molar-refractivity contribution in [3.8, 4) is 0 Å². The Bertz CT molecular complexity index is 795. The van der Waals surface area contributed by atoms with Gasteiger partial charge in [0.25, 0.3) is 11.2 Å². The van der Waals surface area contributed by atoms with Crippen LogP contribution in [0.1, 0.15) is 11.3 Å². The molecule has 0 fully saturated rings. The second-order valence-electron chi connectivity index (χ2n) is 4.30. The van der Waals surface area contributed by atoms with Gasteiger partial charge in [0.05, 0.1) is 10.5 Å². The van der Waals surface area contributed by atoms with Crippen LogP contribution >= 0.6 is 0 Å². The number of rotatable bonds is 5. The number of allylic oxidation sites excluding steroid dienone is 1. The van der Waals surface area contributed by atoms with Gasteiger partial charge >= 0.3 is 0 Å². The summed E-state index contributed by atoms with van der Waals surface area (Å²) < 4.78 is 0. The second-order valence-corrected chi connectivity index (χ2v) is 4.30. The van der Waals surface area contributed by atoms with Crippen molar-refractivity contribution in [3.63, 3.8) is 0 Å². The molecule has 0 saturated heterocycles. The zero-order chi connectivity index (χ0) is 15.9. The minimum absolute atomic E-state index is 0.0183. The number of aromatic amines is 1. The molecule has 0 unspecified atom stereocenters. The zero-order valence-electron chi connectivity index (χ0n) is 11.7.